The van der Waals surface area contributed by atoms with Gasteiger partial charge in [-0.2, -0.15) is 5.10 Å². The molecule has 0 spiro atoms. The van der Waals surface area contributed by atoms with Crippen LogP contribution in [-0.2, 0) is 6.42 Å². The molecule has 2 nitrogen and oxygen atoms in total. The predicted molar refractivity (Wildman–Crippen MR) is 49.3 cm³/mol. The molecule has 2 rings (SSSR count). The molecule has 0 aromatic carbocycles. The zero-order valence-electron chi connectivity index (χ0n) is 7.41. The van der Waals surface area contributed by atoms with Crippen LogP contribution in [-0.4, -0.2) is 9.61 Å². The predicted octanol–water partition coefficient (Wildman–Crippen LogP) is 2.21. The van der Waals surface area contributed by atoms with Crippen molar-refractivity contribution in [3.05, 3.63) is 35.7 Å². The average molecular weight is 160 g/mol. The summed E-state index contributed by atoms with van der Waals surface area (Å²) < 4.78 is 1.91. The first-order chi connectivity index (χ1) is 5.81. The molecule has 0 bridgehead atoms. The molecule has 0 saturated heterocycles. The fraction of sp³-hybridized carbons (Fsp3) is 0.300. The maximum Gasteiger partial charge on any atom is 0.0693 e. The van der Waals surface area contributed by atoms with Crippen LogP contribution < -0.4 is 0 Å². The van der Waals surface area contributed by atoms with E-state index in [4.69, 9.17) is 0 Å². The average Bonchev–Trinajstić information content (AvgIpc) is 2.47. The van der Waals surface area contributed by atoms with Crippen LogP contribution in [0.1, 0.15) is 18.1 Å². The lowest BCUT2D eigenvalue weighted by molar-refractivity contribution is 0.951. The summed E-state index contributed by atoms with van der Waals surface area (Å²) >= 11 is 0. The monoisotopic (exact) mass is 160 g/mol. The smallest absolute Gasteiger partial charge is 0.0693 e. The lowest BCUT2D eigenvalue weighted by Gasteiger charge is -1.97. The van der Waals surface area contributed by atoms with Crippen LogP contribution >= 0.6 is 0 Å². The first-order valence-electron chi connectivity index (χ1n) is 4.24. The minimum atomic E-state index is 1.08. The lowest BCUT2D eigenvalue weighted by atomic mass is 10.2. The Morgan fingerprint density at radius 1 is 1.50 bits per heavy atom. The molecule has 62 valence electrons. The van der Waals surface area contributed by atoms with Gasteiger partial charge >= 0.3 is 0 Å². The molecule has 0 atom stereocenters. The van der Waals surface area contributed by atoms with E-state index in [1.807, 2.05) is 16.9 Å². The first-order valence-corrected chi connectivity index (χ1v) is 4.24. The second-order valence-corrected chi connectivity index (χ2v) is 3.05. The normalized spacial score (nSPS) is 10.8. The number of hydrogen-bond acceptors (Lipinski definition) is 1. The molecule has 0 unspecified atom stereocenters. The topological polar surface area (TPSA) is 17.3 Å². The summed E-state index contributed by atoms with van der Waals surface area (Å²) in [7, 11) is 0. The summed E-state index contributed by atoms with van der Waals surface area (Å²) in [5.74, 6) is 0. The molecule has 2 aromatic heterocycles. The van der Waals surface area contributed by atoms with Gasteiger partial charge in [0.15, 0.2) is 0 Å². The molecule has 2 aromatic rings. The molecule has 0 aliphatic carbocycles. The van der Waals surface area contributed by atoms with Crippen LogP contribution in [0, 0.1) is 6.92 Å². The number of nitrogens with zero attached hydrogens (tertiary/aromatic N) is 2. The third kappa shape index (κ3) is 0.998. The van der Waals surface area contributed by atoms with Crippen molar-refractivity contribution in [1.29, 1.82) is 0 Å². The van der Waals surface area contributed by atoms with Gasteiger partial charge in [-0.3, -0.25) is 0 Å². The Bertz CT molecular complexity index is 401. The summed E-state index contributed by atoms with van der Waals surface area (Å²) in [6, 6.07) is 4.31. The fourth-order valence-electron chi connectivity index (χ4n) is 1.37. The fourth-order valence-corrected chi connectivity index (χ4v) is 1.37. The van der Waals surface area contributed by atoms with Gasteiger partial charge in [0.2, 0.25) is 0 Å². The largest absolute Gasteiger partial charge is 0.241 e. The Balaban J connectivity index is 2.71. The van der Waals surface area contributed by atoms with E-state index in [1.54, 1.807) is 0 Å². The van der Waals surface area contributed by atoms with Crippen molar-refractivity contribution >= 4 is 5.52 Å². The van der Waals surface area contributed by atoms with Gasteiger partial charge in [-0.15, -0.1) is 0 Å². The van der Waals surface area contributed by atoms with Gasteiger partial charge in [-0.25, -0.2) is 4.52 Å². The van der Waals surface area contributed by atoms with Crippen LogP contribution in [0.2, 0.25) is 0 Å². The summed E-state index contributed by atoms with van der Waals surface area (Å²) in [6.07, 6.45) is 5.00. The van der Waals surface area contributed by atoms with Gasteiger partial charge in [-0.05, 0) is 36.6 Å². The maximum absolute atomic E-state index is 4.21. The minimum Gasteiger partial charge on any atom is -0.241 e. The molecule has 0 aliphatic heterocycles. The van der Waals surface area contributed by atoms with Gasteiger partial charge < -0.3 is 0 Å². The van der Waals surface area contributed by atoms with Crippen molar-refractivity contribution in [3.63, 3.8) is 0 Å². The van der Waals surface area contributed by atoms with Crippen LogP contribution in [0.4, 0.5) is 0 Å². The number of hydrogen-bond donors (Lipinski definition) is 0. The molecule has 0 radical (unpaired) electrons. The lowest BCUT2D eigenvalue weighted by Crippen LogP contribution is -1.88. The van der Waals surface area contributed by atoms with Gasteiger partial charge in [0.25, 0.3) is 0 Å². The number of pyridine rings is 1. The summed E-state index contributed by atoms with van der Waals surface area (Å²) in [5.41, 5.74) is 3.82. The summed E-state index contributed by atoms with van der Waals surface area (Å²) in [4.78, 5) is 0. The summed E-state index contributed by atoms with van der Waals surface area (Å²) in [6.45, 7) is 4.25. The highest BCUT2D eigenvalue weighted by Crippen LogP contribution is 2.11. The quantitative estimate of drug-likeness (QED) is 0.625. The van der Waals surface area contributed by atoms with Crippen LogP contribution in [0.5, 0.6) is 0 Å². The Morgan fingerprint density at radius 3 is 3.08 bits per heavy atom. The Kier molecular flexibility index (Phi) is 1.61. The third-order valence-electron chi connectivity index (χ3n) is 2.19. The van der Waals surface area contributed by atoms with Gasteiger partial charge in [-0.1, -0.05) is 6.92 Å². The van der Waals surface area contributed by atoms with Crippen LogP contribution in [0.15, 0.2) is 24.5 Å². The van der Waals surface area contributed by atoms with Crippen molar-refractivity contribution in [2.75, 3.05) is 0 Å². The molecule has 2 heterocycles. The molecule has 0 N–H and O–H groups in total. The van der Waals surface area contributed by atoms with Crippen molar-refractivity contribution in [2.24, 2.45) is 0 Å². The van der Waals surface area contributed by atoms with E-state index < -0.39 is 0 Å². The molecule has 0 aliphatic rings. The third-order valence-corrected chi connectivity index (χ3v) is 2.19. The highest BCUT2D eigenvalue weighted by molar-refractivity contribution is 5.54. The molecular weight excluding hydrogens is 148 g/mol. The van der Waals surface area contributed by atoms with Crippen LogP contribution in [0.25, 0.3) is 5.52 Å². The van der Waals surface area contributed by atoms with Crippen molar-refractivity contribution in [2.45, 2.75) is 20.3 Å². The Labute approximate surface area is 71.8 Å². The highest BCUT2D eigenvalue weighted by atomic mass is 15.2. The number of fused-ring (bicyclic) bond motifs is 1. The van der Waals surface area contributed by atoms with E-state index in [9.17, 15) is 0 Å². The van der Waals surface area contributed by atoms with Gasteiger partial charge in [0.05, 0.1) is 11.7 Å². The molecule has 0 fully saturated rings. The number of aryl methyl sites for hydroxylation is 2. The second kappa shape index (κ2) is 2.63. The van der Waals surface area contributed by atoms with Crippen LogP contribution in [0.3, 0.4) is 0 Å². The zero-order chi connectivity index (χ0) is 8.55. The second-order valence-electron chi connectivity index (χ2n) is 3.05. The Hall–Kier alpha value is -1.31. The number of rotatable bonds is 1. The van der Waals surface area contributed by atoms with Crippen molar-refractivity contribution in [1.82, 2.24) is 9.61 Å². The van der Waals surface area contributed by atoms with E-state index in [2.05, 4.69) is 31.1 Å². The van der Waals surface area contributed by atoms with E-state index in [0.29, 0.717) is 0 Å². The standard InChI is InChI=1S/C10H12N2/c1-3-9-4-5-12-10(6-9)8(2)7-11-12/h4-7H,3H2,1-2H3. The summed E-state index contributed by atoms with van der Waals surface area (Å²) in [5, 5.41) is 4.21. The molecule has 12 heavy (non-hydrogen) atoms. The highest BCUT2D eigenvalue weighted by Gasteiger charge is 1.98. The first kappa shape index (κ1) is 7.35. The SMILES string of the molecule is CCc1ccn2ncc(C)c2c1. The molecule has 2 heteroatoms. The minimum absolute atomic E-state index is 1.08. The van der Waals surface area contributed by atoms with Gasteiger partial charge in [0, 0.05) is 6.20 Å². The maximum atomic E-state index is 4.21. The van der Waals surface area contributed by atoms with Crippen molar-refractivity contribution < 1.29 is 0 Å². The van der Waals surface area contributed by atoms with E-state index in [1.165, 1.54) is 16.6 Å². The van der Waals surface area contributed by atoms with E-state index in [-0.39, 0.29) is 0 Å². The van der Waals surface area contributed by atoms with E-state index >= 15 is 0 Å². The Morgan fingerprint density at radius 2 is 2.33 bits per heavy atom. The van der Waals surface area contributed by atoms with E-state index in [0.717, 1.165) is 6.42 Å². The molecule has 0 saturated carbocycles. The molecule has 0 amide bonds. The molecular formula is C10H12N2. The van der Waals surface area contributed by atoms with Crippen molar-refractivity contribution in [3.8, 4) is 0 Å². The van der Waals surface area contributed by atoms with Gasteiger partial charge in [0.1, 0.15) is 0 Å². The number of aromatic nitrogens is 2. The zero-order valence-corrected chi connectivity index (χ0v) is 7.41.